The molecule has 2 N–H and O–H groups in total. The molecule has 3 heterocycles. The maximum atomic E-state index is 14.1. The molecule has 0 radical (unpaired) electrons. The minimum Gasteiger partial charge on any atom is -0.359 e. The Kier molecular flexibility index (Phi) is 6.70. The molecule has 2 bridgehead atoms. The van der Waals surface area contributed by atoms with Crippen LogP contribution in [0.3, 0.4) is 0 Å². The van der Waals surface area contributed by atoms with Crippen LogP contribution in [-0.4, -0.2) is 46.4 Å². The predicted molar refractivity (Wildman–Crippen MR) is 145 cm³/mol. The summed E-state index contributed by atoms with van der Waals surface area (Å²) < 4.78 is 6.42. The number of carbonyl (C=O) groups is 3. The summed E-state index contributed by atoms with van der Waals surface area (Å²) in [6.07, 6.45) is 8.17. The third-order valence-electron chi connectivity index (χ3n) is 8.29. The molecule has 1 spiro atoms. The highest BCUT2D eigenvalue weighted by Gasteiger charge is 2.72. The quantitative estimate of drug-likeness (QED) is 0.506. The van der Waals surface area contributed by atoms with Gasteiger partial charge in [0.05, 0.1) is 17.9 Å². The Balaban J connectivity index is 1.33. The zero-order chi connectivity index (χ0) is 26.4. The summed E-state index contributed by atoms with van der Waals surface area (Å²) in [6, 6.07) is 13.2. The molecule has 2 aromatic rings. The van der Waals surface area contributed by atoms with E-state index < -0.39 is 29.6 Å². The lowest BCUT2D eigenvalue weighted by Gasteiger charge is -2.34. The van der Waals surface area contributed by atoms with Crippen LogP contribution in [0.5, 0.6) is 0 Å². The fourth-order valence-corrected chi connectivity index (χ4v) is 6.86. The van der Waals surface area contributed by atoms with Gasteiger partial charge in [-0.3, -0.25) is 14.4 Å². The van der Waals surface area contributed by atoms with E-state index in [1.54, 1.807) is 35.2 Å². The Morgan fingerprint density at radius 2 is 1.74 bits per heavy atom. The summed E-state index contributed by atoms with van der Waals surface area (Å²) in [6.45, 7) is 0.146. The minimum atomic E-state index is -1.22. The predicted octanol–water partition coefficient (Wildman–Crippen LogP) is 4.73. The van der Waals surface area contributed by atoms with E-state index in [0.29, 0.717) is 15.7 Å². The smallest absolute Gasteiger partial charge is 0.246 e. The number of hydrogen-bond acceptors (Lipinski definition) is 4. The van der Waals surface area contributed by atoms with Crippen molar-refractivity contribution in [1.82, 2.24) is 10.2 Å². The number of rotatable bonds is 6. The Morgan fingerprint density at radius 3 is 2.47 bits per heavy atom. The molecule has 38 heavy (non-hydrogen) atoms. The van der Waals surface area contributed by atoms with Gasteiger partial charge < -0.3 is 20.3 Å². The first-order valence-electron chi connectivity index (χ1n) is 13.2. The number of fused-ring (bicyclic) bond motifs is 1. The van der Waals surface area contributed by atoms with Crippen LogP contribution < -0.4 is 10.6 Å². The molecule has 9 heteroatoms. The molecule has 5 atom stereocenters. The number of anilines is 1. The van der Waals surface area contributed by atoms with Gasteiger partial charge in [-0.05, 0) is 48.7 Å². The zero-order valence-corrected chi connectivity index (χ0v) is 22.3. The van der Waals surface area contributed by atoms with E-state index in [0.717, 1.165) is 37.7 Å². The highest BCUT2D eigenvalue weighted by molar-refractivity contribution is 6.31. The van der Waals surface area contributed by atoms with E-state index in [4.69, 9.17) is 27.9 Å². The van der Waals surface area contributed by atoms with Gasteiger partial charge in [0, 0.05) is 28.3 Å². The number of ether oxygens (including phenoxy) is 1. The highest BCUT2D eigenvalue weighted by Crippen LogP contribution is 2.55. The van der Waals surface area contributed by atoms with Crippen LogP contribution in [-0.2, 0) is 25.7 Å². The van der Waals surface area contributed by atoms with Crippen molar-refractivity contribution < 1.29 is 19.1 Å². The lowest BCUT2D eigenvalue weighted by Crippen LogP contribution is -2.56. The number of halogens is 2. The van der Waals surface area contributed by atoms with Crippen LogP contribution in [0.2, 0.25) is 10.0 Å². The molecule has 0 aromatic heterocycles. The maximum Gasteiger partial charge on any atom is 0.246 e. The summed E-state index contributed by atoms with van der Waals surface area (Å²) in [4.78, 5) is 43.1. The van der Waals surface area contributed by atoms with E-state index in [9.17, 15) is 14.4 Å². The SMILES string of the molecule is O=C(Nc1ccc(Cl)cc1)[C@@H]1[C@H]2C=C[C@@]3(O2)[C@H]1C(=O)N(Cc1ccccc1Cl)[C@@H]3C(=O)NC1CCCCC1. The molecule has 198 valence electrons. The van der Waals surface area contributed by atoms with Crippen LogP contribution in [0.15, 0.2) is 60.7 Å². The summed E-state index contributed by atoms with van der Waals surface area (Å²) in [5.41, 5.74) is 0.0873. The van der Waals surface area contributed by atoms with Crippen molar-refractivity contribution in [2.75, 3.05) is 5.32 Å². The molecule has 6 rings (SSSR count). The van der Waals surface area contributed by atoms with Crippen molar-refractivity contribution in [2.24, 2.45) is 11.8 Å². The molecular formula is C29H29Cl2N3O4. The Bertz CT molecular complexity index is 1290. The first kappa shape index (κ1) is 25.4. The third-order valence-corrected chi connectivity index (χ3v) is 8.91. The largest absolute Gasteiger partial charge is 0.359 e. The molecule has 1 saturated carbocycles. The molecule has 2 aromatic carbocycles. The van der Waals surface area contributed by atoms with Crippen LogP contribution in [0.4, 0.5) is 5.69 Å². The molecule has 3 aliphatic heterocycles. The van der Waals surface area contributed by atoms with Crippen LogP contribution >= 0.6 is 23.2 Å². The van der Waals surface area contributed by atoms with Gasteiger partial charge >= 0.3 is 0 Å². The second-order valence-corrected chi connectivity index (χ2v) is 11.4. The van der Waals surface area contributed by atoms with Crippen LogP contribution in [0.25, 0.3) is 0 Å². The Morgan fingerprint density at radius 1 is 1.00 bits per heavy atom. The highest BCUT2D eigenvalue weighted by atomic mass is 35.5. The molecule has 3 amide bonds. The summed E-state index contributed by atoms with van der Waals surface area (Å²) >= 11 is 12.4. The Hall–Kier alpha value is -2.87. The van der Waals surface area contributed by atoms with Gasteiger partial charge in [0.1, 0.15) is 11.6 Å². The fraction of sp³-hybridized carbons (Fsp3) is 0.414. The second kappa shape index (κ2) is 10.0. The summed E-state index contributed by atoms with van der Waals surface area (Å²) in [7, 11) is 0. The van der Waals surface area contributed by atoms with Crippen LogP contribution in [0, 0.1) is 11.8 Å². The van der Waals surface area contributed by atoms with E-state index >= 15 is 0 Å². The number of hydrogen-bond donors (Lipinski definition) is 2. The Labute approximate surface area is 231 Å². The summed E-state index contributed by atoms with van der Waals surface area (Å²) in [5.74, 6) is -2.45. The lowest BCUT2D eigenvalue weighted by molar-refractivity contribution is -0.142. The molecule has 4 aliphatic rings. The number of benzene rings is 2. The molecular weight excluding hydrogens is 525 g/mol. The first-order chi connectivity index (χ1) is 18.4. The normalized spacial score (nSPS) is 29.9. The van der Waals surface area contributed by atoms with Crippen molar-refractivity contribution in [3.8, 4) is 0 Å². The van der Waals surface area contributed by atoms with Gasteiger partial charge in [-0.15, -0.1) is 0 Å². The fourth-order valence-electron chi connectivity index (χ4n) is 6.53. The number of nitrogens with one attached hydrogen (secondary N) is 2. The number of likely N-dealkylation sites (tertiary alicyclic amines) is 1. The van der Waals surface area contributed by atoms with Crippen molar-refractivity contribution in [3.05, 3.63) is 76.3 Å². The van der Waals surface area contributed by atoms with Gasteiger partial charge in [0.15, 0.2) is 0 Å². The van der Waals surface area contributed by atoms with Crippen molar-refractivity contribution in [2.45, 2.75) is 62.4 Å². The first-order valence-corrected chi connectivity index (χ1v) is 13.9. The number of carbonyl (C=O) groups excluding carboxylic acids is 3. The zero-order valence-electron chi connectivity index (χ0n) is 20.7. The second-order valence-electron chi connectivity index (χ2n) is 10.6. The maximum absolute atomic E-state index is 14.1. The standard InChI is InChI=1S/C29H29Cl2N3O4/c30-18-10-12-20(13-11-18)32-26(35)23-22-14-15-29(38-22)24(23)28(37)34(16-17-6-4-5-9-21(17)31)25(29)27(36)33-19-7-2-1-3-8-19/h4-6,9-15,19,22-25H,1-3,7-8,16H2,(H,32,35)(H,33,36)/t22-,23-,24-,25-,29-/m1/s1. The molecule has 3 fully saturated rings. The topological polar surface area (TPSA) is 87.7 Å². The van der Waals surface area contributed by atoms with Gasteiger partial charge in [0.2, 0.25) is 17.7 Å². The molecule has 1 aliphatic carbocycles. The average molecular weight is 554 g/mol. The van der Waals surface area contributed by atoms with Crippen molar-refractivity contribution in [3.63, 3.8) is 0 Å². The lowest BCUT2D eigenvalue weighted by atomic mass is 9.74. The molecule has 7 nitrogen and oxygen atoms in total. The number of amides is 3. The van der Waals surface area contributed by atoms with Gasteiger partial charge in [-0.1, -0.05) is 72.8 Å². The van der Waals surface area contributed by atoms with E-state index in [1.165, 1.54) is 0 Å². The molecule has 2 saturated heterocycles. The van der Waals surface area contributed by atoms with E-state index in [1.807, 2.05) is 30.4 Å². The van der Waals surface area contributed by atoms with Gasteiger partial charge in [-0.2, -0.15) is 0 Å². The van der Waals surface area contributed by atoms with Gasteiger partial charge in [0.25, 0.3) is 0 Å². The van der Waals surface area contributed by atoms with E-state index in [-0.39, 0.29) is 30.3 Å². The average Bonchev–Trinajstić information content (AvgIpc) is 3.55. The van der Waals surface area contributed by atoms with Gasteiger partial charge in [-0.25, -0.2) is 0 Å². The monoisotopic (exact) mass is 553 g/mol. The minimum absolute atomic E-state index is 0.0653. The summed E-state index contributed by atoms with van der Waals surface area (Å²) in [5, 5.41) is 7.17. The van der Waals surface area contributed by atoms with Crippen molar-refractivity contribution in [1.29, 1.82) is 0 Å². The molecule has 0 unspecified atom stereocenters. The van der Waals surface area contributed by atoms with Crippen LogP contribution in [0.1, 0.15) is 37.7 Å². The van der Waals surface area contributed by atoms with E-state index in [2.05, 4.69) is 10.6 Å². The number of nitrogens with zero attached hydrogens (tertiary/aromatic N) is 1. The van der Waals surface area contributed by atoms with Crippen molar-refractivity contribution >= 4 is 46.6 Å². The third kappa shape index (κ3) is 4.31.